The lowest BCUT2D eigenvalue weighted by Gasteiger charge is -2.42. The van der Waals surface area contributed by atoms with Gasteiger partial charge < -0.3 is 0 Å². The zero-order valence-corrected chi connectivity index (χ0v) is 20.4. The maximum atomic E-state index is 14.7. The number of alkyl halides is 1. The van der Waals surface area contributed by atoms with Crippen molar-refractivity contribution in [1.29, 1.82) is 36.8 Å². The van der Waals surface area contributed by atoms with Crippen molar-refractivity contribution in [2.45, 2.75) is 30.7 Å². The van der Waals surface area contributed by atoms with Gasteiger partial charge in [0.25, 0.3) is 7.05 Å². The second-order valence-electron chi connectivity index (χ2n) is 8.02. The molecule has 2 aliphatic rings. The van der Waals surface area contributed by atoms with Crippen LogP contribution in [0.3, 0.4) is 0 Å². The van der Waals surface area contributed by atoms with Crippen LogP contribution in [0.25, 0.3) is 9.69 Å². The topological polar surface area (TPSA) is 195 Å². The van der Waals surface area contributed by atoms with Gasteiger partial charge in [-0.3, -0.25) is 0 Å². The maximum absolute atomic E-state index is 14.7. The fourth-order valence-electron chi connectivity index (χ4n) is 3.81. The number of hydrogen-bond donors (Lipinski definition) is 0. The first-order valence-electron chi connectivity index (χ1n) is 11.0. The van der Waals surface area contributed by atoms with Crippen LogP contribution in [0.5, 0.6) is 0 Å². The first-order valence-corrected chi connectivity index (χ1v) is 11.0. The van der Waals surface area contributed by atoms with Crippen LogP contribution in [-0.2, 0) is 0 Å². The summed E-state index contributed by atoms with van der Waals surface area (Å²) < 4.78 is 14.7. The molecule has 2 saturated heterocycles. The van der Waals surface area contributed by atoms with Gasteiger partial charge >= 0.3 is 18.3 Å². The summed E-state index contributed by atoms with van der Waals surface area (Å²) in [6.07, 6.45) is -2.61. The Morgan fingerprint density at radius 3 is 1.45 bits per heavy atom. The molecule has 0 aliphatic carbocycles. The Balaban J connectivity index is 2.36. The number of halogens is 1. The van der Waals surface area contributed by atoms with Gasteiger partial charge in [-0.05, 0) is 4.85 Å². The van der Waals surface area contributed by atoms with E-state index in [1.807, 2.05) is 42.5 Å². The van der Waals surface area contributed by atoms with Gasteiger partial charge in [-0.25, -0.2) is 28.9 Å². The lowest BCUT2D eigenvalue weighted by Crippen LogP contribution is -2.61. The van der Waals surface area contributed by atoms with E-state index in [0.29, 0.717) is 0 Å². The SMILES string of the molecule is C[N+]#CC([N+]#CC(C#N)N1CN(C(C#N)C#N)CN(C(C#N)C#N)C1)N1CN(CC#N)C(F)N(CC#N)C1. The van der Waals surface area contributed by atoms with Crippen LogP contribution in [0.15, 0.2) is 0 Å². The van der Waals surface area contributed by atoms with Gasteiger partial charge in [0.1, 0.15) is 6.07 Å². The van der Waals surface area contributed by atoms with E-state index in [1.54, 1.807) is 4.90 Å². The molecule has 0 aromatic rings. The molecule has 2 atom stereocenters. The zero-order valence-electron chi connectivity index (χ0n) is 20.4. The Labute approximate surface area is 219 Å². The monoisotopic (exact) mass is 515 g/mol. The van der Waals surface area contributed by atoms with E-state index >= 15 is 0 Å². The van der Waals surface area contributed by atoms with Crippen LogP contribution in [-0.4, -0.2) is 114 Å². The average molecular weight is 516 g/mol. The molecule has 0 aromatic carbocycles. The van der Waals surface area contributed by atoms with E-state index in [-0.39, 0.29) is 46.4 Å². The zero-order chi connectivity index (χ0) is 28.1. The fourth-order valence-corrected chi connectivity index (χ4v) is 3.81. The smallest absolute Gasteiger partial charge is 0.250 e. The normalized spacial score (nSPS) is 19.5. The second kappa shape index (κ2) is 14.6. The molecule has 0 N–H and O–H groups in total. The lowest BCUT2D eigenvalue weighted by atomic mass is 10.2. The molecule has 0 bridgehead atoms. The highest BCUT2D eigenvalue weighted by Gasteiger charge is 2.42. The van der Waals surface area contributed by atoms with Crippen molar-refractivity contribution in [3.8, 4) is 54.6 Å². The van der Waals surface area contributed by atoms with Crippen LogP contribution >= 0.6 is 0 Å². The van der Waals surface area contributed by atoms with Gasteiger partial charge in [0.05, 0.1) is 82.8 Å². The highest BCUT2D eigenvalue weighted by molar-refractivity contribution is 5.19. The van der Waals surface area contributed by atoms with Crippen LogP contribution in [0.1, 0.15) is 0 Å². The molecule has 0 spiro atoms. The molecular weight excluding hydrogens is 493 g/mol. The number of hydrogen-bond acceptors (Lipinski definition) is 13. The molecule has 2 fully saturated rings. The summed E-state index contributed by atoms with van der Waals surface area (Å²) in [6.45, 7) is -0.665. The van der Waals surface area contributed by atoms with Gasteiger partial charge in [0.2, 0.25) is 12.5 Å². The summed E-state index contributed by atoms with van der Waals surface area (Å²) in [4.78, 5) is 16.4. The quantitative estimate of drug-likeness (QED) is 0.317. The van der Waals surface area contributed by atoms with Crippen molar-refractivity contribution in [2.24, 2.45) is 0 Å². The summed E-state index contributed by atoms with van der Waals surface area (Å²) in [7, 11) is 1.44. The van der Waals surface area contributed by atoms with Crippen LogP contribution in [0.4, 0.5) is 4.39 Å². The second-order valence-corrected chi connectivity index (χ2v) is 8.02. The Morgan fingerprint density at radius 2 is 1.08 bits per heavy atom. The molecule has 2 heterocycles. The van der Waals surface area contributed by atoms with Crippen LogP contribution in [0, 0.1) is 91.5 Å². The summed E-state index contributed by atoms with van der Waals surface area (Å²) in [5.74, 6) is 0. The van der Waals surface area contributed by atoms with Crippen molar-refractivity contribution in [1.82, 2.24) is 29.4 Å². The van der Waals surface area contributed by atoms with E-state index in [1.165, 1.54) is 31.5 Å². The first-order chi connectivity index (χ1) is 18.4. The van der Waals surface area contributed by atoms with Gasteiger partial charge in [-0.15, -0.1) is 0 Å². The summed E-state index contributed by atoms with van der Waals surface area (Å²) in [6, 6.07) is 15.0. The summed E-state index contributed by atoms with van der Waals surface area (Å²) in [5.41, 5.74) is 0. The van der Waals surface area contributed by atoms with Crippen LogP contribution in [0.2, 0.25) is 0 Å². The standard InChI is InChI=1S/C22H22FN15/c1-31-12-21(38-13-33(4-2-24)22(23)34(14-38)5-3-25)32-11-20(10-30)37-16-35(18(6-26)7-27)15-36(17-37)19(8-28)9-29/h18-22H,4-5,13-17H2,1H3/q+2. The number of rotatable bonds is 6. The molecule has 38 heavy (non-hydrogen) atoms. The minimum absolute atomic E-state index is 0.0239. The summed E-state index contributed by atoms with van der Waals surface area (Å²) in [5, 5.41) is 65.3. The molecule has 0 radical (unpaired) electrons. The molecule has 15 nitrogen and oxygen atoms in total. The number of nitrogens with zero attached hydrogens (tertiary/aromatic N) is 15. The third-order valence-corrected chi connectivity index (χ3v) is 5.58. The molecule has 0 saturated carbocycles. The van der Waals surface area contributed by atoms with Gasteiger partial charge in [0, 0.05) is 0 Å². The van der Waals surface area contributed by atoms with Gasteiger partial charge in [-0.1, -0.05) is 4.85 Å². The predicted octanol–water partition coefficient (Wildman–Crippen LogP) is -0.741. The van der Waals surface area contributed by atoms with Gasteiger partial charge in [0.15, 0.2) is 12.1 Å². The minimum atomic E-state index is -1.66. The van der Waals surface area contributed by atoms with Crippen molar-refractivity contribution in [2.75, 3.05) is 53.5 Å². The molecular formula is C22H22FN15+2. The Bertz CT molecular complexity index is 1180. The Kier molecular flexibility index (Phi) is 11.3. The molecule has 190 valence electrons. The third-order valence-electron chi connectivity index (χ3n) is 5.58. The largest absolute Gasteiger partial charge is 0.459 e. The summed E-state index contributed by atoms with van der Waals surface area (Å²) >= 11 is 0. The molecule has 2 aliphatic heterocycles. The molecule has 16 heteroatoms. The fraction of sp³-hybridized carbons (Fsp3) is 0.591. The average Bonchev–Trinajstić information content (AvgIpc) is 2.92. The Hall–Kier alpha value is -4.90. The van der Waals surface area contributed by atoms with E-state index < -0.39 is 30.7 Å². The molecule has 0 amide bonds. The van der Waals surface area contributed by atoms with Crippen molar-refractivity contribution >= 4 is 0 Å². The predicted molar refractivity (Wildman–Crippen MR) is 125 cm³/mol. The molecule has 2 unspecified atom stereocenters. The van der Waals surface area contributed by atoms with Crippen molar-refractivity contribution < 1.29 is 4.39 Å². The molecule has 0 aromatic heterocycles. The van der Waals surface area contributed by atoms with Crippen molar-refractivity contribution in [3.63, 3.8) is 0 Å². The third kappa shape index (κ3) is 7.08. The van der Waals surface area contributed by atoms with Crippen molar-refractivity contribution in [3.05, 3.63) is 9.69 Å². The molecule has 2 rings (SSSR count). The van der Waals surface area contributed by atoms with Gasteiger partial charge in [-0.2, -0.15) is 41.7 Å². The van der Waals surface area contributed by atoms with Crippen LogP contribution < -0.4 is 0 Å². The van der Waals surface area contributed by atoms with E-state index in [2.05, 4.69) is 21.8 Å². The van der Waals surface area contributed by atoms with E-state index in [4.69, 9.17) is 10.5 Å². The minimum Gasteiger partial charge on any atom is -0.250 e. The van der Waals surface area contributed by atoms with E-state index in [0.717, 1.165) is 0 Å². The highest BCUT2D eigenvalue weighted by atomic mass is 19.1. The maximum Gasteiger partial charge on any atom is 0.459 e. The Morgan fingerprint density at radius 1 is 0.658 bits per heavy atom. The first kappa shape index (κ1) is 29.3. The van der Waals surface area contributed by atoms with E-state index in [9.17, 15) is 30.7 Å². The number of nitriles is 7. The lowest BCUT2D eigenvalue weighted by molar-refractivity contribution is -0.136. The highest BCUT2D eigenvalue weighted by Crippen LogP contribution is 2.19.